The summed E-state index contributed by atoms with van der Waals surface area (Å²) in [5, 5.41) is 14.5. The van der Waals surface area contributed by atoms with Gasteiger partial charge in [-0.2, -0.15) is 9.78 Å². The van der Waals surface area contributed by atoms with Crippen LogP contribution in [0.4, 0.5) is 0 Å². The van der Waals surface area contributed by atoms with Crippen molar-refractivity contribution in [2.24, 2.45) is 0 Å². The Bertz CT molecular complexity index is 913. The van der Waals surface area contributed by atoms with Gasteiger partial charge in [-0.1, -0.05) is 48.5 Å². The summed E-state index contributed by atoms with van der Waals surface area (Å²) in [5.41, 5.74) is 2.84. The lowest BCUT2D eigenvalue weighted by Crippen LogP contribution is -1.97. The molecule has 0 bridgehead atoms. The molecule has 0 atom stereocenters. The van der Waals surface area contributed by atoms with Crippen LogP contribution in [-0.2, 0) is 0 Å². The Morgan fingerprint density at radius 2 is 1.65 bits per heavy atom. The summed E-state index contributed by atoms with van der Waals surface area (Å²) < 4.78 is 7.15. The van der Waals surface area contributed by atoms with Gasteiger partial charge in [0.2, 0.25) is 11.5 Å². The number of carboxylic acid groups (broad SMARTS) is 1. The highest BCUT2D eigenvalue weighted by Crippen LogP contribution is 2.32. The van der Waals surface area contributed by atoms with E-state index < -0.39 is 5.97 Å². The molecule has 2 aromatic heterocycles. The number of fused-ring (bicyclic) bond motifs is 1. The molecule has 2 heterocycles. The number of carbonyl (C=O) groups is 1. The van der Waals surface area contributed by atoms with Gasteiger partial charge in [0.05, 0.1) is 11.1 Å². The van der Waals surface area contributed by atoms with Gasteiger partial charge in [0, 0.05) is 11.6 Å². The number of rotatable bonds is 3. The van der Waals surface area contributed by atoms with Crippen molar-refractivity contribution in [3.8, 4) is 16.9 Å². The van der Waals surface area contributed by atoms with Gasteiger partial charge in [-0.3, -0.25) is 0 Å². The molecule has 0 saturated heterocycles. The quantitative estimate of drug-likeness (QED) is 0.621. The van der Waals surface area contributed by atoms with E-state index in [4.69, 9.17) is 4.42 Å². The predicted molar refractivity (Wildman–Crippen MR) is 85.7 cm³/mol. The monoisotopic (exact) mass is 304 g/mol. The summed E-state index contributed by atoms with van der Waals surface area (Å²) >= 11 is 0. The van der Waals surface area contributed by atoms with Gasteiger partial charge < -0.3 is 9.52 Å². The third kappa shape index (κ3) is 2.19. The molecule has 5 nitrogen and oxygen atoms in total. The Kier molecular flexibility index (Phi) is 2.98. The second-order valence-electron chi connectivity index (χ2n) is 5.10. The molecule has 0 aliphatic rings. The van der Waals surface area contributed by atoms with Gasteiger partial charge in [-0.15, -0.1) is 0 Å². The van der Waals surface area contributed by atoms with Crippen LogP contribution in [0.1, 0.15) is 10.6 Å². The third-order valence-electron chi connectivity index (χ3n) is 3.62. The number of aromatic nitrogens is 2. The molecule has 4 rings (SSSR count). The van der Waals surface area contributed by atoms with Crippen LogP contribution in [0.15, 0.2) is 71.1 Å². The van der Waals surface area contributed by atoms with Gasteiger partial charge in [-0.25, -0.2) is 4.79 Å². The van der Waals surface area contributed by atoms with Crippen molar-refractivity contribution in [2.45, 2.75) is 0 Å². The van der Waals surface area contributed by atoms with E-state index in [1.807, 2.05) is 60.7 Å². The summed E-state index contributed by atoms with van der Waals surface area (Å²) in [6, 6.07) is 20.6. The second-order valence-corrected chi connectivity index (χ2v) is 5.10. The molecule has 1 N–H and O–H groups in total. The van der Waals surface area contributed by atoms with E-state index in [1.165, 1.54) is 6.07 Å². The van der Waals surface area contributed by atoms with Crippen LogP contribution < -0.4 is 0 Å². The zero-order valence-corrected chi connectivity index (χ0v) is 12.0. The molecule has 0 saturated carbocycles. The molecule has 0 unspecified atom stereocenters. The SMILES string of the molecule is O=C(O)c1cc2c(-c3ccccc3)nn(-c3ccccc3)c2o1. The van der Waals surface area contributed by atoms with Gasteiger partial charge in [0.25, 0.3) is 0 Å². The summed E-state index contributed by atoms with van der Waals surface area (Å²) in [6.45, 7) is 0. The average Bonchev–Trinajstić information content (AvgIpc) is 3.16. The molecule has 0 fully saturated rings. The molecule has 23 heavy (non-hydrogen) atoms. The molecule has 0 aliphatic carbocycles. The molecule has 0 amide bonds. The van der Waals surface area contributed by atoms with Crippen molar-refractivity contribution in [3.63, 3.8) is 0 Å². The maximum Gasteiger partial charge on any atom is 0.371 e. The van der Waals surface area contributed by atoms with Gasteiger partial charge >= 0.3 is 5.97 Å². The fourth-order valence-corrected chi connectivity index (χ4v) is 2.57. The van der Waals surface area contributed by atoms with Crippen LogP contribution >= 0.6 is 0 Å². The Morgan fingerprint density at radius 3 is 2.30 bits per heavy atom. The number of carboxylic acids is 1. The van der Waals surface area contributed by atoms with Crippen molar-refractivity contribution in [3.05, 3.63) is 72.5 Å². The summed E-state index contributed by atoms with van der Waals surface area (Å²) in [4.78, 5) is 11.2. The molecule has 2 aromatic carbocycles. The lowest BCUT2D eigenvalue weighted by molar-refractivity contribution is 0.0664. The number of para-hydroxylation sites is 1. The Balaban J connectivity index is 2.02. The fraction of sp³-hybridized carbons (Fsp3) is 0. The normalized spacial score (nSPS) is 11.0. The van der Waals surface area contributed by atoms with E-state index in [9.17, 15) is 9.90 Å². The first kappa shape index (κ1) is 13.3. The molecule has 5 heteroatoms. The highest BCUT2D eigenvalue weighted by Gasteiger charge is 2.20. The number of nitrogens with zero attached hydrogens (tertiary/aromatic N) is 2. The smallest absolute Gasteiger partial charge is 0.371 e. The molecule has 0 spiro atoms. The maximum atomic E-state index is 11.2. The van der Waals surface area contributed by atoms with Crippen molar-refractivity contribution < 1.29 is 14.3 Å². The van der Waals surface area contributed by atoms with Gasteiger partial charge in [0.15, 0.2) is 0 Å². The highest BCUT2D eigenvalue weighted by atomic mass is 16.4. The van der Waals surface area contributed by atoms with E-state index in [-0.39, 0.29) is 5.76 Å². The number of benzene rings is 2. The summed E-state index contributed by atoms with van der Waals surface area (Å²) in [7, 11) is 0. The largest absolute Gasteiger partial charge is 0.475 e. The molecular formula is C18H12N2O3. The van der Waals surface area contributed by atoms with E-state index in [1.54, 1.807) is 4.68 Å². The zero-order chi connectivity index (χ0) is 15.8. The minimum atomic E-state index is -1.10. The van der Waals surface area contributed by atoms with E-state index in [2.05, 4.69) is 5.10 Å². The van der Waals surface area contributed by atoms with Crippen molar-refractivity contribution in [2.75, 3.05) is 0 Å². The molecule has 0 aliphatic heterocycles. The second kappa shape index (κ2) is 5.14. The Morgan fingerprint density at radius 1 is 1.00 bits per heavy atom. The topological polar surface area (TPSA) is 68.3 Å². The Hall–Kier alpha value is -3.34. The average molecular weight is 304 g/mol. The Labute approximate surface area is 131 Å². The van der Waals surface area contributed by atoms with Gasteiger partial charge in [0.1, 0.15) is 5.69 Å². The minimum absolute atomic E-state index is 0.0979. The number of hydrogen-bond donors (Lipinski definition) is 1. The van der Waals surface area contributed by atoms with E-state index in [0.717, 1.165) is 11.3 Å². The standard InChI is InChI=1S/C18H12N2O3/c21-18(22)15-11-14-16(12-7-3-1-4-8-12)19-20(17(14)23-15)13-9-5-2-6-10-13/h1-11H,(H,21,22). The molecular weight excluding hydrogens is 292 g/mol. The first-order chi connectivity index (χ1) is 11.2. The molecule has 4 aromatic rings. The van der Waals surface area contributed by atoms with E-state index in [0.29, 0.717) is 16.8 Å². The number of aromatic carboxylic acids is 1. The van der Waals surface area contributed by atoms with Crippen molar-refractivity contribution in [1.82, 2.24) is 9.78 Å². The lowest BCUT2D eigenvalue weighted by atomic mass is 10.1. The minimum Gasteiger partial charge on any atom is -0.475 e. The highest BCUT2D eigenvalue weighted by molar-refractivity contribution is 5.97. The maximum absolute atomic E-state index is 11.2. The third-order valence-corrected chi connectivity index (χ3v) is 3.62. The number of hydrogen-bond acceptors (Lipinski definition) is 3. The van der Waals surface area contributed by atoms with Crippen LogP contribution in [0.5, 0.6) is 0 Å². The summed E-state index contributed by atoms with van der Waals surface area (Å²) in [5.74, 6) is -1.20. The lowest BCUT2D eigenvalue weighted by Gasteiger charge is -2.01. The van der Waals surface area contributed by atoms with E-state index >= 15 is 0 Å². The molecule has 0 radical (unpaired) electrons. The van der Waals surface area contributed by atoms with Crippen LogP contribution in [0.3, 0.4) is 0 Å². The first-order valence-corrected chi connectivity index (χ1v) is 7.11. The van der Waals surface area contributed by atoms with Gasteiger partial charge in [-0.05, 0) is 12.1 Å². The zero-order valence-electron chi connectivity index (χ0n) is 12.0. The van der Waals surface area contributed by atoms with Crippen LogP contribution in [0.25, 0.3) is 28.0 Å². The van der Waals surface area contributed by atoms with Crippen molar-refractivity contribution >= 4 is 17.1 Å². The summed E-state index contributed by atoms with van der Waals surface area (Å²) in [6.07, 6.45) is 0. The van der Waals surface area contributed by atoms with Crippen LogP contribution in [0, 0.1) is 0 Å². The van der Waals surface area contributed by atoms with Crippen molar-refractivity contribution in [1.29, 1.82) is 0 Å². The number of furan rings is 1. The fourth-order valence-electron chi connectivity index (χ4n) is 2.57. The first-order valence-electron chi connectivity index (χ1n) is 7.11. The molecule has 112 valence electrons. The van der Waals surface area contributed by atoms with Crippen LogP contribution in [-0.4, -0.2) is 20.9 Å². The van der Waals surface area contributed by atoms with Crippen LogP contribution in [0.2, 0.25) is 0 Å². The predicted octanol–water partition coefficient (Wildman–Crippen LogP) is 3.98.